The summed E-state index contributed by atoms with van der Waals surface area (Å²) in [7, 11) is 1.68. The van der Waals surface area contributed by atoms with Crippen LogP contribution in [0.15, 0.2) is 85.0 Å². The maximum Gasteiger partial charge on any atom is 0.258 e. The molecule has 0 aromatic heterocycles. The molecule has 1 N–H and O–H groups in total. The molecule has 304 valence electrons. The van der Waals surface area contributed by atoms with E-state index in [1.54, 1.807) is 32.2 Å². The van der Waals surface area contributed by atoms with E-state index in [1.165, 1.54) is 31.4 Å². The summed E-state index contributed by atoms with van der Waals surface area (Å²) in [5, 5.41) is 2.62. The number of methoxy groups -OCH3 is 1. The van der Waals surface area contributed by atoms with E-state index in [1.807, 2.05) is 64.1 Å². The second-order valence-electron chi connectivity index (χ2n) is 13.1. The normalized spacial score (nSPS) is 11.9. The Bertz CT molecular complexity index is 1540. The summed E-state index contributed by atoms with van der Waals surface area (Å²) in [4.78, 5) is 35.8. The number of rotatable bonds is 16. The number of Topliss-reactive ketones (excluding diaryl/α,β-unsaturated/α-hetero) is 1. The lowest BCUT2D eigenvalue weighted by molar-refractivity contribution is -0.128. The second-order valence-corrected chi connectivity index (χ2v) is 13.1. The zero-order chi connectivity index (χ0) is 41.8. The fraction of sp³-hybridized carbons (Fsp3) is 0.468. The van der Waals surface area contributed by atoms with E-state index in [0.717, 1.165) is 55.9 Å². The molecular formula is C47H69FN2O5. The minimum absolute atomic E-state index is 0.0411. The summed E-state index contributed by atoms with van der Waals surface area (Å²) in [5.41, 5.74) is 4.66. The smallest absolute Gasteiger partial charge is 0.258 e. The highest BCUT2D eigenvalue weighted by molar-refractivity contribution is 5.98. The summed E-state index contributed by atoms with van der Waals surface area (Å²) in [6.07, 6.45) is 9.05. The maximum atomic E-state index is 14.6. The number of allylic oxidation sites excluding steroid dienone is 3. The first-order valence-corrected chi connectivity index (χ1v) is 19.9. The fourth-order valence-electron chi connectivity index (χ4n) is 5.02. The predicted octanol–water partition coefficient (Wildman–Crippen LogP) is 11.2. The van der Waals surface area contributed by atoms with Crippen LogP contribution in [0.5, 0.6) is 11.5 Å². The Kier molecular flexibility index (Phi) is 27.1. The Balaban J connectivity index is 0.000000774. The van der Waals surface area contributed by atoms with E-state index < -0.39 is 6.04 Å². The van der Waals surface area contributed by atoms with Gasteiger partial charge in [0.15, 0.2) is 12.4 Å². The highest BCUT2D eigenvalue weighted by Crippen LogP contribution is 2.30. The summed E-state index contributed by atoms with van der Waals surface area (Å²) in [6, 6.07) is 20.2. The van der Waals surface area contributed by atoms with Gasteiger partial charge < -0.3 is 19.7 Å². The summed E-state index contributed by atoms with van der Waals surface area (Å²) < 4.78 is 24.9. The lowest BCUT2D eigenvalue weighted by Crippen LogP contribution is -2.41. The molecule has 0 aliphatic heterocycles. The number of hydrogen-bond acceptors (Lipinski definition) is 6. The Morgan fingerprint density at radius 3 is 1.95 bits per heavy atom. The van der Waals surface area contributed by atoms with Crippen LogP contribution in [-0.4, -0.2) is 50.8 Å². The lowest BCUT2D eigenvalue weighted by atomic mass is 9.95. The van der Waals surface area contributed by atoms with Crippen LogP contribution in [0.2, 0.25) is 0 Å². The molecule has 1 aliphatic rings. The fourth-order valence-corrected chi connectivity index (χ4v) is 5.02. The van der Waals surface area contributed by atoms with Crippen LogP contribution in [-0.2, 0) is 20.8 Å². The monoisotopic (exact) mass is 761 g/mol. The van der Waals surface area contributed by atoms with Gasteiger partial charge in [-0.25, -0.2) is 4.39 Å². The van der Waals surface area contributed by atoms with Crippen molar-refractivity contribution < 1.29 is 28.2 Å². The van der Waals surface area contributed by atoms with Gasteiger partial charge in [0.1, 0.15) is 23.6 Å². The first-order valence-electron chi connectivity index (χ1n) is 19.9. The van der Waals surface area contributed by atoms with Crippen molar-refractivity contribution in [2.75, 3.05) is 31.7 Å². The van der Waals surface area contributed by atoms with Crippen molar-refractivity contribution in [1.82, 2.24) is 5.32 Å². The minimum atomic E-state index is -0.415. The van der Waals surface area contributed by atoms with Crippen molar-refractivity contribution in [3.8, 4) is 11.5 Å². The molecule has 0 spiro atoms. The Morgan fingerprint density at radius 1 is 0.964 bits per heavy atom. The van der Waals surface area contributed by atoms with Crippen molar-refractivity contribution in [2.45, 2.75) is 114 Å². The molecule has 1 aliphatic carbocycles. The van der Waals surface area contributed by atoms with Crippen molar-refractivity contribution in [1.29, 1.82) is 0 Å². The maximum absolute atomic E-state index is 14.6. The van der Waals surface area contributed by atoms with Gasteiger partial charge in [-0.1, -0.05) is 104 Å². The zero-order valence-electron chi connectivity index (χ0n) is 35.6. The molecule has 1 amide bonds. The van der Waals surface area contributed by atoms with Gasteiger partial charge in [0.05, 0.1) is 18.8 Å². The number of carbonyl (C=O) groups excluding carboxylic acids is 3. The number of halogens is 1. The van der Waals surface area contributed by atoms with Gasteiger partial charge in [-0.05, 0) is 111 Å². The van der Waals surface area contributed by atoms with E-state index in [0.29, 0.717) is 34.6 Å². The number of para-hydroxylation sites is 1. The number of amides is 1. The second kappa shape index (κ2) is 29.6. The average molecular weight is 761 g/mol. The molecule has 0 heterocycles. The highest BCUT2D eigenvalue weighted by Gasteiger charge is 2.17. The molecule has 8 heteroatoms. The van der Waals surface area contributed by atoms with E-state index in [4.69, 9.17) is 9.47 Å². The zero-order valence-corrected chi connectivity index (χ0v) is 35.6. The van der Waals surface area contributed by atoms with Crippen LogP contribution < -0.4 is 19.7 Å². The van der Waals surface area contributed by atoms with Crippen molar-refractivity contribution >= 4 is 29.2 Å². The van der Waals surface area contributed by atoms with Crippen LogP contribution in [0.1, 0.15) is 111 Å². The molecule has 4 rings (SSSR count). The van der Waals surface area contributed by atoms with Crippen LogP contribution in [0.25, 0.3) is 5.57 Å². The van der Waals surface area contributed by atoms with Gasteiger partial charge in [0.25, 0.3) is 5.91 Å². The van der Waals surface area contributed by atoms with Gasteiger partial charge in [-0.2, -0.15) is 0 Å². The number of nitrogens with one attached hydrogen (secondary N) is 1. The Morgan fingerprint density at radius 2 is 1.53 bits per heavy atom. The Hall–Kier alpha value is -4.72. The molecule has 1 unspecified atom stereocenters. The van der Waals surface area contributed by atoms with Gasteiger partial charge in [-0.3, -0.25) is 14.4 Å². The standard InChI is InChI=1S/C19H26FNO.C13H17NO3.C9H12O.C4H8.C2H6/c1-6-9-21(10-7-2)19-11-14(4)17(12-18(19)20)15(5)16(8-3)13-22;1-3-12(10(2)15)14-13(16)9-17-11-7-5-4-6-8-11;1-3-8-4-6-9(10-2)7-5-8;1-4-2-3-4;1-2/h8,11-13H,5-7,9-10H2,1-4H3;4-8,12H,3,9H2,1-2H3,(H,14,16);4-7H,3H2,1-2H3;4H,2-3H2,1H3;1-2H3/b16-8-;;;;. The lowest BCUT2D eigenvalue weighted by Gasteiger charge is -2.25. The average Bonchev–Trinajstić information content (AvgIpc) is 4.00. The number of hydrogen-bond donors (Lipinski definition) is 1. The summed E-state index contributed by atoms with van der Waals surface area (Å²) in [5.74, 6) is 2.07. The largest absolute Gasteiger partial charge is 0.497 e. The highest BCUT2D eigenvalue weighted by atomic mass is 19.1. The molecule has 0 saturated heterocycles. The quantitative estimate of drug-likeness (QED) is 0.0889. The number of carbonyl (C=O) groups is 3. The van der Waals surface area contributed by atoms with E-state index in [-0.39, 0.29) is 24.1 Å². The van der Waals surface area contributed by atoms with Gasteiger partial charge in [-0.15, -0.1) is 0 Å². The SMILES string of the molecule is C=C(/C(C=O)=C\C)c1cc(F)c(N(CCC)CCC)cc1C.CC.CC1CC1.CCC(NC(=O)COc1ccccc1)C(C)=O.CCc1ccc(OC)cc1. The van der Waals surface area contributed by atoms with Crippen LogP contribution >= 0.6 is 0 Å². The number of benzene rings is 3. The van der Waals surface area contributed by atoms with Gasteiger partial charge in [0, 0.05) is 18.7 Å². The predicted molar refractivity (Wildman–Crippen MR) is 230 cm³/mol. The van der Waals surface area contributed by atoms with Crippen LogP contribution in [0.3, 0.4) is 0 Å². The number of aryl methyl sites for hydroxylation is 2. The minimum Gasteiger partial charge on any atom is -0.497 e. The number of nitrogens with zero attached hydrogens (tertiary/aromatic N) is 1. The molecule has 7 nitrogen and oxygen atoms in total. The van der Waals surface area contributed by atoms with Gasteiger partial charge in [0.2, 0.25) is 0 Å². The first-order chi connectivity index (χ1) is 26.4. The van der Waals surface area contributed by atoms with Crippen LogP contribution in [0, 0.1) is 18.7 Å². The molecule has 3 aromatic carbocycles. The number of ketones is 1. The molecule has 55 heavy (non-hydrogen) atoms. The number of anilines is 1. The van der Waals surface area contributed by atoms with E-state index >= 15 is 0 Å². The molecule has 0 bridgehead atoms. The van der Waals surface area contributed by atoms with E-state index in [9.17, 15) is 18.8 Å². The molecular weight excluding hydrogens is 692 g/mol. The third kappa shape index (κ3) is 20.5. The third-order valence-electron chi connectivity index (χ3n) is 8.51. The molecule has 0 radical (unpaired) electrons. The first kappa shape index (κ1) is 50.3. The third-order valence-corrected chi connectivity index (χ3v) is 8.51. The topological polar surface area (TPSA) is 84.9 Å². The Labute approximate surface area is 332 Å². The van der Waals surface area contributed by atoms with E-state index in [2.05, 4.69) is 56.6 Å². The molecule has 1 saturated carbocycles. The number of ether oxygens (including phenoxy) is 2. The van der Waals surface area contributed by atoms with Crippen LogP contribution in [0.4, 0.5) is 10.1 Å². The molecule has 3 aromatic rings. The van der Waals surface area contributed by atoms with Crippen molar-refractivity contribution in [2.24, 2.45) is 5.92 Å². The molecule has 1 fully saturated rings. The van der Waals surface area contributed by atoms with Crippen molar-refractivity contribution in [3.05, 3.63) is 107 Å². The summed E-state index contributed by atoms with van der Waals surface area (Å²) >= 11 is 0. The van der Waals surface area contributed by atoms with Crippen molar-refractivity contribution in [3.63, 3.8) is 0 Å². The summed E-state index contributed by atoms with van der Waals surface area (Å²) in [6.45, 7) is 25.1. The number of aldehydes is 1. The molecule has 1 atom stereocenters. The van der Waals surface area contributed by atoms with Gasteiger partial charge >= 0.3 is 0 Å².